The minimum atomic E-state index is -0.170. The predicted octanol–water partition coefficient (Wildman–Crippen LogP) is 5.31. The van der Waals surface area contributed by atoms with Gasteiger partial charge in [-0.15, -0.1) is 0 Å². The van der Waals surface area contributed by atoms with Crippen LogP contribution in [-0.2, 0) is 0 Å². The third-order valence-corrected chi connectivity index (χ3v) is 3.66. The monoisotopic (exact) mass is 327 g/mol. The summed E-state index contributed by atoms with van der Waals surface area (Å²) in [5.74, 6) is -0.170. The second-order valence-electron chi connectivity index (χ2n) is 4.15. The zero-order valence-corrected chi connectivity index (χ0v) is 13.0. The lowest BCUT2D eigenvalue weighted by Gasteiger charge is -2.21. The summed E-state index contributed by atoms with van der Waals surface area (Å²) in [6.45, 7) is 2.43. The Bertz CT molecular complexity index is 626. The summed E-state index contributed by atoms with van der Waals surface area (Å²) in [6.07, 6.45) is 0. The number of carbonyl (C=O) groups excluding carboxylic acids is 1. The molecule has 0 heterocycles. The highest BCUT2D eigenvalue weighted by Crippen LogP contribution is 2.25. The lowest BCUT2D eigenvalue weighted by Crippen LogP contribution is -2.30. The summed E-state index contributed by atoms with van der Waals surface area (Å²) in [5, 5.41) is 1.47. The van der Waals surface area contributed by atoms with Crippen LogP contribution in [0.3, 0.4) is 0 Å². The molecule has 0 aromatic heterocycles. The molecule has 2 aromatic rings. The second-order valence-corrected chi connectivity index (χ2v) is 5.43. The molecular weight excluding hydrogens is 317 g/mol. The van der Waals surface area contributed by atoms with Crippen LogP contribution in [0.4, 0.5) is 5.69 Å². The number of anilines is 1. The Morgan fingerprint density at radius 1 is 1.00 bits per heavy atom. The molecule has 0 N–H and O–H groups in total. The predicted molar refractivity (Wildman–Crippen MR) is 85.3 cm³/mol. The Hall–Kier alpha value is -1.22. The average Bonchev–Trinajstić information content (AvgIpc) is 2.41. The Labute approximate surface area is 132 Å². The Morgan fingerprint density at radius 2 is 1.60 bits per heavy atom. The van der Waals surface area contributed by atoms with Crippen LogP contribution in [0.25, 0.3) is 0 Å². The SMILES string of the molecule is CCN(C(=O)c1ccc(Cl)cc1Cl)c1ccc(Cl)cc1. The van der Waals surface area contributed by atoms with E-state index in [9.17, 15) is 4.79 Å². The Balaban J connectivity index is 2.36. The standard InChI is InChI=1S/C15H12Cl3NO/c1-2-19(12-6-3-10(16)4-7-12)15(20)13-8-5-11(17)9-14(13)18/h3-9H,2H2,1H3. The fraction of sp³-hybridized carbons (Fsp3) is 0.133. The average molecular weight is 329 g/mol. The lowest BCUT2D eigenvalue weighted by atomic mass is 10.1. The summed E-state index contributed by atoms with van der Waals surface area (Å²) in [6, 6.07) is 11.9. The number of carbonyl (C=O) groups is 1. The van der Waals surface area contributed by atoms with Crippen molar-refractivity contribution in [3.05, 3.63) is 63.1 Å². The van der Waals surface area contributed by atoms with Gasteiger partial charge in [0.2, 0.25) is 0 Å². The number of hydrogen-bond acceptors (Lipinski definition) is 1. The zero-order chi connectivity index (χ0) is 14.7. The van der Waals surface area contributed by atoms with Crippen LogP contribution in [0.5, 0.6) is 0 Å². The molecule has 0 saturated heterocycles. The number of rotatable bonds is 3. The summed E-state index contributed by atoms with van der Waals surface area (Å²) in [5.41, 5.74) is 1.20. The minimum Gasteiger partial charge on any atom is -0.309 e. The molecule has 0 aliphatic carbocycles. The van der Waals surface area contributed by atoms with E-state index in [0.717, 1.165) is 5.69 Å². The molecule has 5 heteroatoms. The first-order valence-electron chi connectivity index (χ1n) is 6.05. The molecule has 0 saturated carbocycles. The third kappa shape index (κ3) is 3.26. The topological polar surface area (TPSA) is 20.3 Å². The molecule has 1 amide bonds. The Kier molecular flexibility index (Phi) is 4.92. The molecule has 0 spiro atoms. The van der Waals surface area contributed by atoms with E-state index in [0.29, 0.717) is 27.2 Å². The maximum absolute atomic E-state index is 12.6. The van der Waals surface area contributed by atoms with Gasteiger partial charge < -0.3 is 4.90 Å². The van der Waals surface area contributed by atoms with E-state index < -0.39 is 0 Å². The van der Waals surface area contributed by atoms with Crippen molar-refractivity contribution >= 4 is 46.4 Å². The number of hydrogen-bond donors (Lipinski definition) is 0. The molecule has 0 radical (unpaired) electrons. The van der Waals surface area contributed by atoms with E-state index in [-0.39, 0.29) is 5.91 Å². The molecule has 0 aliphatic heterocycles. The van der Waals surface area contributed by atoms with Crippen LogP contribution in [0.15, 0.2) is 42.5 Å². The summed E-state index contributed by atoms with van der Waals surface area (Å²) < 4.78 is 0. The van der Waals surface area contributed by atoms with Gasteiger partial charge in [0.05, 0.1) is 10.6 Å². The van der Waals surface area contributed by atoms with Crippen LogP contribution < -0.4 is 4.90 Å². The summed E-state index contributed by atoms with van der Waals surface area (Å²) >= 11 is 17.8. The molecule has 2 rings (SSSR count). The van der Waals surface area contributed by atoms with Crippen molar-refractivity contribution in [1.82, 2.24) is 0 Å². The number of nitrogens with zero attached hydrogens (tertiary/aromatic N) is 1. The van der Waals surface area contributed by atoms with Gasteiger partial charge in [-0.05, 0) is 49.4 Å². The van der Waals surface area contributed by atoms with Crippen molar-refractivity contribution in [1.29, 1.82) is 0 Å². The molecule has 0 atom stereocenters. The third-order valence-electron chi connectivity index (χ3n) is 2.86. The largest absolute Gasteiger partial charge is 0.309 e. The van der Waals surface area contributed by atoms with Gasteiger partial charge in [0, 0.05) is 22.3 Å². The molecule has 2 aromatic carbocycles. The van der Waals surface area contributed by atoms with Crippen molar-refractivity contribution in [2.24, 2.45) is 0 Å². The fourth-order valence-corrected chi connectivity index (χ4v) is 2.49. The van der Waals surface area contributed by atoms with Crippen molar-refractivity contribution < 1.29 is 4.79 Å². The number of amides is 1. The highest BCUT2D eigenvalue weighted by Gasteiger charge is 2.18. The van der Waals surface area contributed by atoms with Crippen LogP contribution in [0, 0.1) is 0 Å². The van der Waals surface area contributed by atoms with Gasteiger partial charge in [0.1, 0.15) is 0 Å². The maximum atomic E-state index is 12.6. The van der Waals surface area contributed by atoms with E-state index in [2.05, 4.69) is 0 Å². The number of halogens is 3. The quantitative estimate of drug-likeness (QED) is 0.747. The van der Waals surface area contributed by atoms with Crippen LogP contribution in [-0.4, -0.2) is 12.5 Å². The Morgan fingerprint density at radius 3 is 2.15 bits per heavy atom. The van der Waals surface area contributed by atoms with Crippen molar-refractivity contribution in [3.63, 3.8) is 0 Å². The van der Waals surface area contributed by atoms with E-state index in [4.69, 9.17) is 34.8 Å². The first kappa shape index (κ1) is 15.2. The van der Waals surface area contributed by atoms with Gasteiger partial charge in [-0.2, -0.15) is 0 Å². The van der Waals surface area contributed by atoms with E-state index in [1.165, 1.54) is 0 Å². The normalized spacial score (nSPS) is 10.4. The molecule has 20 heavy (non-hydrogen) atoms. The van der Waals surface area contributed by atoms with E-state index in [1.54, 1.807) is 47.4 Å². The van der Waals surface area contributed by atoms with Gasteiger partial charge >= 0.3 is 0 Å². The van der Waals surface area contributed by atoms with Crippen molar-refractivity contribution in [2.45, 2.75) is 6.92 Å². The number of benzene rings is 2. The van der Waals surface area contributed by atoms with Gasteiger partial charge in [-0.1, -0.05) is 34.8 Å². The zero-order valence-electron chi connectivity index (χ0n) is 10.7. The van der Waals surface area contributed by atoms with Crippen molar-refractivity contribution in [3.8, 4) is 0 Å². The molecule has 0 bridgehead atoms. The summed E-state index contributed by atoms with van der Waals surface area (Å²) in [4.78, 5) is 14.2. The van der Waals surface area contributed by atoms with Gasteiger partial charge in [0.15, 0.2) is 0 Å². The molecule has 0 unspecified atom stereocenters. The van der Waals surface area contributed by atoms with Crippen LogP contribution in [0.2, 0.25) is 15.1 Å². The van der Waals surface area contributed by atoms with E-state index >= 15 is 0 Å². The molecule has 0 aliphatic rings. The first-order valence-corrected chi connectivity index (χ1v) is 7.18. The fourth-order valence-electron chi connectivity index (χ4n) is 1.87. The maximum Gasteiger partial charge on any atom is 0.259 e. The minimum absolute atomic E-state index is 0.170. The molecule has 0 fully saturated rings. The van der Waals surface area contributed by atoms with Gasteiger partial charge in [-0.3, -0.25) is 4.79 Å². The molecule has 2 nitrogen and oxygen atoms in total. The van der Waals surface area contributed by atoms with E-state index in [1.807, 2.05) is 6.92 Å². The smallest absolute Gasteiger partial charge is 0.259 e. The van der Waals surface area contributed by atoms with Crippen LogP contribution in [0.1, 0.15) is 17.3 Å². The second kappa shape index (κ2) is 6.49. The van der Waals surface area contributed by atoms with Gasteiger partial charge in [-0.25, -0.2) is 0 Å². The lowest BCUT2D eigenvalue weighted by molar-refractivity contribution is 0.0988. The van der Waals surface area contributed by atoms with Gasteiger partial charge in [0.25, 0.3) is 5.91 Å². The van der Waals surface area contributed by atoms with Crippen molar-refractivity contribution in [2.75, 3.05) is 11.4 Å². The summed E-state index contributed by atoms with van der Waals surface area (Å²) in [7, 11) is 0. The first-order chi connectivity index (χ1) is 9.52. The molecular formula is C15H12Cl3NO. The molecule has 104 valence electrons. The van der Waals surface area contributed by atoms with Crippen LogP contribution >= 0.6 is 34.8 Å². The highest BCUT2D eigenvalue weighted by atomic mass is 35.5. The highest BCUT2D eigenvalue weighted by molar-refractivity contribution is 6.37.